The predicted octanol–water partition coefficient (Wildman–Crippen LogP) is 3.04. The highest BCUT2D eigenvalue weighted by Gasteiger charge is 2.38. The Labute approximate surface area is 170 Å². The van der Waals surface area contributed by atoms with Gasteiger partial charge in [-0.3, -0.25) is 14.5 Å². The van der Waals surface area contributed by atoms with Crippen molar-refractivity contribution < 1.29 is 19.1 Å². The van der Waals surface area contributed by atoms with Crippen LogP contribution in [0.15, 0.2) is 0 Å². The Hall–Kier alpha value is -0.820. The molecule has 2 rings (SSSR count). The Balaban J connectivity index is 1.93. The van der Waals surface area contributed by atoms with E-state index in [-0.39, 0.29) is 5.72 Å². The average Bonchev–Trinajstić information content (AvgIpc) is 2.70. The molecule has 6 heteroatoms. The summed E-state index contributed by atoms with van der Waals surface area (Å²) in [5.74, 6) is 0.767. The lowest BCUT2D eigenvalue weighted by atomic mass is 9.94. The minimum absolute atomic E-state index is 0.271. The minimum atomic E-state index is -0.271. The summed E-state index contributed by atoms with van der Waals surface area (Å²) < 4.78 is 11.9. The van der Waals surface area contributed by atoms with Gasteiger partial charge in [-0.2, -0.15) is 0 Å². The van der Waals surface area contributed by atoms with E-state index in [1.165, 1.54) is 0 Å². The number of piperidine rings is 2. The van der Waals surface area contributed by atoms with Gasteiger partial charge in [-0.05, 0) is 52.5 Å². The van der Waals surface area contributed by atoms with Gasteiger partial charge < -0.3 is 14.4 Å². The van der Waals surface area contributed by atoms with Gasteiger partial charge in [0.2, 0.25) is 0 Å². The van der Waals surface area contributed by atoms with E-state index in [0.29, 0.717) is 43.9 Å². The van der Waals surface area contributed by atoms with Crippen molar-refractivity contribution in [2.24, 2.45) is 0 Å². The number of rotatable bonds is 13. The monoisotopic (exact) mass is 396 g/mol. The van der Waals surface area contributed by atoms with Gasteiger partial charge in [0.25, 0.3) is 0 Å². The van der Waals surface area contributed by atoms with Crippen LogP contribution in [0.25, 0.3) is 0 Å². The standard InChI is InChI=1S/C22H40N2O4/c1-3-27-19-6-5-12-22(28-4-2,24-17-10-21(26)11-18-24)13-7-14-23-15-8-20(25)9-16-23/h3-19H2,1-2H3. The van der Waals surface area contributed by atoms with Gasteiger partial charge in [-0.1, -0.05) is 0 Å². The van der Waals surface area contributed by atoms with Crippen molar-refractivity contribution in [3.8, 4) is 0 Å². The molecule has 0 aromatic heterocycles. The SMILES string of the molecule is CCOCCCCC(CCCN1CCC(=O)CC1)(OCC)N1CCC(=O)CC1. The number of hydrogen-bond acceptors (Lipinski definition) is 6. The summed E-state index contributed by atoms with van der Waals surface area (Å²) in [6.45, 7) is 10.8. The van der Waals surface area contributed by atoms with Crippen LogP contribution < -0.4 is 0 Å². The molecule has 0 saturated carbocycles. The molecule has 2 saturated heterocycles. The quantitative estimate of drug-likeness (QED) is 0.446. The van der Waals surface area contributed by atoms with Crippen LogP contribution in [-0.4, -0.2) is 79.6 Å². The summed E-state index contributed by atoms with van der Waals surface area (Å²) in [6.07, 6.45) is 7.82. The van der Waals surface area contributed by atoms with Crippen LogP contribution in [0.3, 0.4) is 0 Å². The second kappa shape index (κ2) is 12.7. The summed E-state index contributed by atoms with van der Waals surface area (Å²) in [7, 11) is 0. The number of hydrogen-bond donors (Lipinski definition) is 0. The topological polar surface area (TPSA) is 59.1 Å². The molecule has 0 amide bonds. The number of likely N-dealkylation sites (tertiary alicyclic amines) is 2. The van der Waals surface area contributed by atoms with Crippen LogP contribution in [-0.2, 0) is 19.1 Å². The van der Waals surface area contributed by atoms with E-state index < -0.39 is 0 Å². The maximum Gasteiger partial charge on any atom is 0.135 e. The van der Waals surface area contributed by atoms with E-state index >= 15 is 0 Å². The van der Waals surface area contributed by atoms with E-state index in [1.807, 2.05) is 6.92 Å². The van der Waals surface area contributed by atoms with Gasteiger partial charge in [0, 0.05) is 71.7 Å². The normalized spacial score (nSPS) is 21.8. The average molecular weight is 397 g/mol. The zero-order valence-corrected chi connectivity index (χ0v) is 18.0. The van der Waals surface area contributed by atoms with Crippen molar-refractivity contribution in [1.29, 1.82) is 0 Å². The lowest BCUT2D eigenvalue weighted by Gasteiger charge is -2.46. The van der Waals surface area contributed by atoms with Crippen LogP contribution in [0.5, 0.6) is 0 Å². The molecule has 162 valence electrons. The Bertz CT molecular complexity index is 465. The Morgan fingerprint density at radius 3 is 2.04 bits per heavy atom. The van der Waals surface area contributed by atoms with Gasteiger partial charge in [-0.15, -0.1) is 0 Å². The number of Topliss-reactive ketones (excluding diaryl/α,β-unsaturated/α-hetero) is 2. The van der Waals surface area contributed by atoms with Crippen molar-refractivity contribution >= 4 is 11.6 Å². The fourth-order valence-corrected chi connectivity index (χ4v) is 4.46. The van der Waals surface area contributed by atoms with Gasteiger partial charge >= 0.3 is 0 Å². The Morgan fingerprint density at radius 1 is 0.821 bits per heavy atom. The third kappa shape index (κ3) is 7.54. The first-order valence-electron chi connectivity index (χ1n) is 11.3. The number of ether oxygens (including phenoxy) is 2. The van der Waals surface area contributed by atoms with E-state index in [0.717, 1.165) is 78.0 Å². The van der Waals surface area contributed by atoms with Gasteiger partial charge in [0.15, 0.2) is 0 Å². The molecule has 6 nitrogen and oxygen atoms in total. The van der Waals surface area contributed by atoms with Gasteiger partial charge in [0.1, 0.15) is 17.3 Å². The van der Waals surface area contributed by atoms with E-state index in [4.69, 9.17) is 9.47 Å². The third-order valence-corrected chi connectivity index (χ3v) is 6.08. The van der Waals surface area contributed by atoms with Gasteiger partial charge in [0.05, 0.1) is 0 Å². The fraction of sp³-hybridized carbons (Fsp3) is 0.909. The van der Waals surface area contributed by atoms with Crippen LogP contribution >= 0.6 is 0 Å². The lowest BCUT2D eigenvalue weighted by Crippen LogP contribution is -2.54. The molecule has 0 radical (unpaired) electrons. The first-order chi connectivity index (χ1) is 13.6. The first-order valence-corrected chi connectivity index (χ1v) is 11.3. The molecule has 0 spiro atoms. The van der Waals surface area contributed by atoms with Crippen molar-refractivity contribution in [2.45, 2.75) is 77.4 Å². The first kappa shape index (κ1) is 23.5. The van der Waals surface area contributed by atoms with E-state index in [2.05, 4.69) is 16.7 Å². The number of nitrogens with zero attached hydrogens (tertiary/aromatic N) is 2. The second-order valence-electron chi connectivity index (χ2n) is 8.04. The van der Waals surface area contributed by atoms with Crippen molar-refractivity contribution in [3.63, 3.8) is 0 Å². The zero-order chi connectivity index (χ0) is 20.2. The summed E-state index contributed by atoms with van der Waals surface area (Å²) in [5, 5.41) is 0. The van der Waals surface area contributed by atoms with Crippen LogP contribution in [0.1, 0.15) is 71.6 Å². The molecule has 1 atom stereocenters. The number of carbonyl (C=O) groups excluding carboxylic acids is 2. The molecule has 0 aromatic carbocycles. The molecule has 0 aliphatic carbocycles. The Morgan fingerprint density at radius 2 is 1.43 bits per heavy atom. The summed E-state index contributed by atoms with van der Waals surface area (Å²) in [5.41, 5.74) is -0.271. The Kier molecular flexibility index (Phi) is 10.6. The van der Waals surface area contributed by atoms with Crippen LogP contribution in [0.4, 0.5) is 0 Å². The molecular formula is C22H40N2O4. The summed E-state index contributed by atoms with van der Waals surface area (Å²) >= 11 is 0. The van der Waals surface area contributed by atoms with E-state index in [1.54, 1.807) is 0 Å². The number of unbranched alkanes of at least 4 members (excludes halogenated alkanes) is 1. The number of carbonyl (C=O) groups is 2. The van der Waals surface area contributed by atoms with Crippen molar-refractivity contribution in [3.05, 3.63) is 0 Å². The maximum atomic E-state index is 11.8. The third-order valence-electron chi connectivity index (χ3n) is 6.08. The largest absolute Gasteiger partial charge is 0.382 e. The van der Waals surface area contributed by atoms with Crippen LogP contribution in [0, 0.1) is 0 Å². The maximum absolute atomic E-state index is 11.8. The van der Waals surface area contributed by atoms with Crippen molar-refractivity contribution in [2.75, 3.05) is 52.5 Å². The molecule has 2 aliphatic heterocycles. The van der Waals surface area contributed by atoms with Crippen molar-refractivity contribution in [1.82, 2.24) is 9.80 Å². The fourth-order valence-electron chi connectivity index (χ4n) is 4.46. The highest BCUT2D eigenvalue weighted by Crippen LogP contribution is 2.32. The highest BCUT2D eigenvalue weighted by atomic mass is 16.5. The zero-order valence-electron chi connectivity index (χ0n) is 18.0. The molecule has 2 aliphatic rings. The van der Waals surface area contributed by atoms with E-state index in [9.17, 15) is 9.59 Å². The van der Waals surface area contributed by atoms with Gasteiger partial charge in [-0.25, -0.2) is 0 Å². The minimum Gasteiger partial charge on any atom is -0.382 e. The predicted molar refractivity (Wildman–Crippen MR) is 110 cm³/mol. The molecule has 0 N–H and O–H groups in total. The molecule has 0 aromatic rings. The molecule has 0 bridgehead atoms. The molecule has 28 heavy (non-hydrogen) atoms. The molecular weight excluding hydrogens is 356 g/mol. The smallest absolute Gasteiger partial charge is 0.135 e. The summed E-state index contributed by atoms with van der Waals surface area (Å²) in [4.78, 5) is 28.1. The highest BCUT2D eigenvalue weighted by molar-refractivity contribution is 5.79. The van der Waals surface area contributed by atoms with Crippen LogP contribution in [0.2, 0.25) is 0 Å². The molecule has 2 heterocycles. The molecule has 1 unspecified atom stereocenters. The second-order valence-corrected chi connectivity index (χ2v) is 8.04. The lowest BCUT2D eigenvalue weighted by molar-refractivity contribution is -0.173. The number of ketones is 2. The summed E-state index contributed by atoms with van der Waals surface area (Å²) in [6, 6.07) is 0. The molecule has 2 fully saturated rings.